The first-order chi connectivity index (χ1) is 12.2. The molecule has 0 aliphatic heterocycles. The van der Waals surface area contributed by atoms with Gasteiger partial charge in [-0.25, -0.2) is 9.97 Å². The summed E-state index contributed by atoms with van der Waals surface area (Å²) in [6.45, 7) is 0. The summed E-state index contributed by atoms with van der Waals surface area (Å²) in [5.41, 5.74) is 7.21. The van der Waals surface area contributed by atoms with Crippen LogP contribution in [0.4, 0.5) is 23.0 Å². The van der Waals surface area contributed by atoms with Crippen molar-refractivity contribution in [1.29, 1.82) is 0 Å². The second-order valence-corrected chi connectivity index (χ2v) is 5.13. The summed E-state index contributed by atoms with van der Waals surface area (Å²) in [4.78, 5) is 20.8. The number of hydrogen-bond donors (Lipinski definition) is 3. The number of rotatable bonds is 5. The highest BCUT2D eigenvalue weighted by molar-refractivity contribution is 6.06. The van der Waals surface area contributed by atoms with E-state index in [2.05, 4.69) is 20.6 Å². The van der Waals surface area contributed by atoms with Gasteiger partial charge in [0.1, 0.15) is 11.6 Å². The fourth-order valence-electron chi connectivity index (χ4n) is 2.22. The Bertz CT molecular complexity index is 884. The van der Waals surface area contributed by atoms with Gasteiger partial charge in [0.2, 0.25) is 0 Å². The average molecular weight is 335 g/mol. The van der Waals surface area contributed by atoms with Crippen LogP contribution in [0, 0.1) is 0 Å². The topological polar surface area (TPSA) is 102 Å². The number of anilines is 4. The van der Waals surface area contributed by atoms with Crippen LogP contribution in [0.1, 0.15) is 10.5 Å². The van der Waals surface area contributed by atoms with E-state index in [1.54, 1.807) is 18.2 Å². The molecular formula is C18H17N5O2. The summed E-state index contributed by atoms with van der Waals surface area (Å²) in [6, 6.07) is 16.5. The maximum absolute atomic E-state index is 12.5. The zero-order valence-electron chi connectivity index (χ0n) is 13.6. The van der Waals surface area contributed by atoms with Gasteiger partial charge in [0.25, 0.3) is 5.91 Å². The number of nitrogens with one attached hydrogen (secondary N) is 2. The molecule has 4 N–H and O–H groups in total. The monoisotopic (exact) mass is 335 g/mol. The molecular weight excluding hydrogens is 318 g/mol. The van der Waals surface area contributed by atoms with E-state index in [4.69, 9.17) is 10.5 Å². The van der Waals surface area contributed by atoms with Gasteiger partial charge in [0.15, 0.2) is 11.5 Å². The number of ether oxygens (including phenoxy) is 1. The smallest absolute Gasteiger partial charge is 0.278 e. The Labute approximate surface area is 144 Å². The molecule has 2 aromatic carbocycles. The van der Waals surface area contributed by atoms with Gasteiger partial charge in [-0.2, -0.15) is 0 Å². The van der Waals surface area contributed by atoms with E-state index < -0.39 is 5.91 Å². The van der Waals surface area contributed by atoms with Crippen LogP contribution in [0.15, 0.2) is 60.8 Å². The van der Waals surface area contributed by atoms with Crippen LogP contribution < -0.4 is 21.1 Å². The fraction of sp³-hybridized carbons (Fsp3) is 0.0556. The second kappa shape index (κ2) is 7.31. The molecule has 7 heteroatoms. The van der Waals surface area contributed by atoms with Gasteiger partial charge < -0.3 is 21.1 Å². The van der Waals surface area contributed by atoms with E-state index in [1.807, 2.05) is 36.4 Å². The van der Waals surface area contributed by atoms with Crippen molar-refractivity contribution in [2.45, 2.75) is 0 Å². The maximum atomic E-state index is 12.5. The highest BCUT2D eigenvalue weighted by atomic mass is 16.5. The molecule has 25 heavy (non-hydrogen) atoms. The molecule has 3 aromatic rings. The van der Waals surface area contributed by atoms with Gasteiger partial charge in [-0.15, -0.1) is 0 Å². The molecule has 1 amide bonds. The van der Waals surface area contributed by atoms with E-state index in [0.717, 1.165) is 5.69 Å². The third-order valence-electron chi connectivity index (χ3n) is 3.42. The molecule has 0 spiro atoms. The minimum absolute atomic E-state index is 0.0341. The lowest BCUT2D eigenvalue weighted by atomic mass is 10.2. The van der Waals surface area contributed by atoms with Gasteiger partial charge >= 0.3 is 0 Å². The number of nitrogen functional groups attached to an aromatic ring is 1. The molecule has 0 radical (unpaired) electrons. The fourth-order valence-corrected chi connectivity index (χ4v) is 2.22. The van der Waals surface area contributed by atoms with Gasteiger partial charge in [-0.3, -0.25) is 4.79 Å². The van der Waals surface area contributed by atoms with Crippen molar-refractivity contribution in [2.24, 2.45) is 0 Å². The molecule has 0 unspecified atom stereocenters. The number of nitrogens with zero attached hydrogens (tertiary/aromatic N) is 2. The van der Waals surface area contributed by atoms with Crippen LogP contribution in [0.3, 0.4) is 0 Å². The predicted molar refractivity (Wildman–Crippen MR) is 97.1 cm³/mol. The Kier molecular flexibility index (Phi) is 4.75. The highest BCUT2D eigenvalue weighted by Gasteiger charge is 2.16. The van der Waals surface area contributed by atoms with Gasteiger partial charge in [0, 0.05) is 5.69 Å². The molecule has 0 aliphatic rings. The van der Waals surface area contributed by atoms with E-state index in [9.17, 15) is 4.79 Å². The molecule has 1 aromatic heterocycles. The summed E-state index contributed by atoms with van der Waals surface area (Å²) in [5, 5.41) is 5.81. The lowest BCUT2D eigenvalue weighted by Crippen LogP contribution is -2.18. The zero-order valence-corrected chi connectivity index (χ0v) is 13.6. The van der Waals surface area contributed by atoms with Crippen molar-refractivity contribution in [3.05, 3.63) is 66.5 Å². The van der Waals surface area contributed by atoms with Crippen molar-refractivity contribution >= 4 is 28.9 Å². The Morgan fingerprint density at radius 2 is 1.80 bits per heavy atom. The molecule has 0 fully saturated rings. The molecule has 1 heterocycles. The molecule has 7 nitrogen and oxygen atoms in total. The number of aromatic nitrogens is 2. The first-order valence-electron chi connectivity index (χ1n) is 7.56. The molecule has 0 atom stereocenters. The van der Waals surface area contributed by atoms with Crippen molar-refractivity contribution in [1.82, 2.24) is 9.97 Å². The Morgan fingerprint density at radius 1 is 1.08 bits per heavy atom. The van der Waals surface area contributed by atoms with Crippen LogP contribution in [0.2, 0.25) is 0 Å². The SMILES string of the molecule is COc1ccccc1NC(=O)c1nc(Nc2ccccc2)cnc1N. The number of benzene rings is 2. The van der Waals surface area contributed by atoms with Crippen LogP contribution in [0.5, 0.6) is 5.75 Å². The van der Waals surface area contributed by atoms with Gasteiger partial charge in [-0.1, -0.05) is 30.3 Å². The normalized spacial score (nSPS) is 10.1. The molecule has 126 valence electrons. The molecule has 0 saturated carbocycles. The summed E-state index contributed by atoms with van der Waals surface area (Å²) in [7, 11) is 1.53. The number of para-hydroxylation sites is 3. The maximum Gasteiger partial charge on any atom is 0.278 e. The van der Waals surface area contributed by atoms with Crippen LogP contribution in [0.25, 0.3) is 0 Å². The highest BCUT2D eigenvalue weighted by Crippen LogP contribution is 2.24. The third-order valence-corrected chi connectivity index (χ3v) is 3.42. The number of methoxy groups -OCH3 is 1. The van der Waals surface area contributed by atoms with Crippen molar-refractivity contribution < 1.29 is 9.53 Å². The standard InChI is InChI=1S/C18H17N5O2/c1-25-14-10-6-5-9-13(14)22-18(24)16-17(19)20-11-15(23-16)21-12-7-3-2-4-8-12/h2-11H,1H3,(H2,19,20)(H,21,23)(H,22,24). The quantitative estimate of drug-likeness (QED) is 0.662. The molecule has 0 aliphatic carbocycles. The largest absolute Gasteiger partial charge is 0.495 e. The minimum Gasteiger partial charge on any atom is -0.495 e. The predicted octanol–water partition coefficient (Wildman–Crippen LogP) is 3.06. The Hall–Kier alpha value is -3.61. The zero-order chi connectivity index (χ0) is 17.6. The summed E-state index contributed by atoms with van der Waals surface area (Å²) >= 11 is 0. The number of carbonyl (C=O) groups is 1. The van der Waals surface area contributed by atoms with E-state index in [0.29, 0.717) is 17.3 Å². The van der Waals surface area contributed by atoms with Crippen molar-refractivity contribution in [2.75, 3.05) is 23.5 Å². The van der Waals surface area contributed by atoms with E-state index >= 15 is 0 Å². The second-order valence-electron chi connectivity index (χ2n) is 5.13. The van der Waals surface area contributed by atoms with E-state index in [-0.39, 0.29) is 11.5 Å². The summed E-state index contributed by atoms with van der Waals surface area (Å²) in [5.74, 6) is 0.545. The minimum atomic E-state index is -0.466. The lowest BCUT2D eigenvalue weighted by molar-refractivity contribution is 0.102. The van der Waals surface area contributed by atoms with E-state index in [1.165, 1.54) is 13.3 Å². The Morgan fingerprint density at radius 3 is 2.56 bits per heavy atom. The molecule has 0 saturated heterocycles. The van der Waals surface area contributed by atoms with Crippen LogP contribution >= 0.6 is 0 Å². The van der Waals surface area contributed by atoms with Crippen molar-refractivity contribution in [3.63, 3.8) is 0 Å². The number of nitrogens with two attached hydrogens (primary N) is 1. The number of carbonyl (C=O) groups excluding carboxylic acids is 1. The summed E-state index contributed by atoms with van der Waals surface area (Å²) < 4.78 is 5.22. The Balaban J connectivity index is 1.83. The lowest BCUT2D eigenvalue weighted by Gasteiger charge is -2.11. The molecule has 3 rings (SSSR count). The first-order valence-corrected chi connectivity index (χ1v) is 7.56. The molecule has 0 bridgehead atoms. The third kappa shape index (κ3) is 3.84. The van der Waals surface area contributed by atoms with Gasteiger partial charge in [0.05, 0.1) is 19.0 Å². The number of hydrogen-bond acceptors (Lipinski definition) is 6. The van der Waals surface area contributed by atoms with Crippen LogP contribution in [-0.4, -0.2) is 23.0 Å². The van der Waals surface area contributed by atoms with Gasteiger partial charge in [-0.05, 0) is 24.3 Å². The number of amides is 1. The first kappa shape index (κ1) is 16.3. The summed E-state index contributed by atoms with van der Waals surface area (Å²) in [6.07, 6.45) is 1.47. The van der Waals surface area contributed by atoms with Crippen LogP contribution in [-0.2, 0) is 0 Å². The average Bonchev–Trinajstić information content (AvgIpc) is 2.64. The van der Waals surface area contributed by atoms with Crippen molar-refractivity contribution in [3.8, 4) is 5.75 Å².